The van der Waals surface area contributed by atoms with Crippen molar-refractivity contribution >= 4 is 38.6 Å². The van der Waals surface area contributed by atoms with Crippen LogP contribution < -0.4 is 0 Å². The first-order valence-electron chi connectivity index (χ1n) is 7.92. The Hall–Kier alpha value is -1.14. The molecule has 0 N–H and O–H groups in total. The van der Waals surface area contributed by atoms with Gasteiger partial charge in [0, 0.05) is 9.75 Å². The third-order valence-electron chi connectivity index (χ3n) is 3.75. The number of hydrogen-bond acceptors (Lipinski definition) is 4. The van der Waals surface area contributed by atoms with Crippen LogP contribution in [-0.2, 0) is 6.42 Å². The summed E-state index contributed by atoms with van der Waals surface area (Å²) in [7, 11) is 0. The molecule has 2 rings (SSSR count). The van der Waals surface area contributed by atoms with Crippen LogP contribution in [-0.4, -0.2) is 0 Å². The van der Waals surface area contributed by atoms with Gasteiger partial charge in [-0.25, -0.2) is 0 Å². The molecular formula is C18H19BrN2S2. The van der Waals surface area contributed by atoms with E-state index in [-0.39, 0.29) is 0 Å². The molecule has 0 atom stereocenters. The van der Waals surface area contributed by atoms with Crippen LogP contribution in [0.25, 0.3) is 9.75 Å². The lowest BCUT2D eigenvalue weighted by Gasteiger charge is -1.99. The fourth-order valence-electron chi connectivity index (χ4n) is 2.50. The highest BCUT2D eigenvalue weighted by Gasteiger charge is 2.19. The molecule has 0 spiro atoms. The Balaban J connectivity index is 2.00. The zero-order valence-electron chi connectivity index (χ0n) is 13.2. The summed E-state index contributed by atoms with van der Waals surface area (Å²) < 4.78 is 0.748. The van der Waals surface area contributed by atoms with Crippen LogP contribution in [0, 0.1) is 22.7 Å². The van der Waals surface area contributed by atoms with Crippen LogP contribution in [0.3, 0.4) is 0 Å². The Morgan fingerprint density at radius 2 is 1.65 bits per heavy atom. The van der Waals surface area contributed by atoms with Gasteiger partial charge in [0.2, 0.25) is 0 Å². The van der Waals surface area contributed by atoms with Gasteiger partial charge in [-0.15, -0.1) is 22.7 Å². The average Bonchev–Trinajstić information content (AvgIpc) is 3.14. The van der Waals surface area contributed by atoms with E-state index in [2.05, 4.69) is 47.1 Å². The topological polar surface area (TPSA) is 47.6 Å². The van der Waals surface area contributed by atoms with Crippen molar-refractivity contribution in [2.24, 2.45) is 0 Å². The second kappa shape index (κ2) is 9.23. The lowest BCUT2D eigenvalue weighted by atomic mass is 10.1. The van der Waals surface area contributed by atoms with Crippen LogP contribution in [0.15, 0.2) is 15.9 Å². The summed E-state index contributed by atoms with van der Waals surface area (Å²) in [5, 5.41) is 18.5. The van der Waals surface area contributed by atoms with E-state index in [0.29, 0.717) is 11.1 Å². The fourth-order valence-corrected chi connectivity index (χ4v) is 5.36. The maximum Gasteiger partial charge on any atom is 0.103 e. The Morgan fingerprint density at radius 3 is 2.35 bits per heavy atom. The van der Waals surface area contributed by atoms with E-state index >= 15 is 0 Å². The summed E-state index contributed by atoms with van der Waals surface area (Å²) in [6, 6.07) is 8.54. The summed E-state index contributed by atoms with van der Waals surface area (Å²) in [6.07, 6.45) is 8.93. The summed E-state index contributed by atoms with van der Waals surface area (Å²) in [5.74, 6) is 0. The van der Waals surface area contributed by atoms with E-state index in [9.17, 15) is 10.5 Å². The standard InChI is InChI=1S/C18H19BrN2S2/c1-2-3-4-5-6-7-8-13-9-10-16(22-13)17-14(11-20)15(12-21)18(19)23-17/h9-10H,2-8H2,1H3. The molecule has 2 aromatic heterocycles. The molecule has 0 aliphatic heterocycles. The first-order valence-corrected chi connectivity index (χ1v) is 10.4. The number of aryl methyl sites for hydroxylation is 1. The van der Waals surface area contributed by atoms with E-state index in [1.807, 2.05) is 0 Å². The molecule has 0 amide bonds. The maximum atomic E-state index is 9.35. The SMILES string of the molecule is CCCCCCCCc1ccc(-c2sc(Br)c(C#N)c2C#N)s1. The number of unbranched alkanes of at least 4 members (excludes halogenated alkanes) is 5. The van der Waals surface area contributed by atoms with Gasteiger partial charge >= 0.3 is 0 Å². The molecule has 0 aliphatic carbocycles. The minimum Gasteiger partial charge on any atom is -0.192 e. The van der Waals surface area contributed by atoms with Gasteiger partial charge in [-0.05, 0) is 40.9 Å². The summed E-state index contributed by atoms with van der Waals surface area (Å²) in [4.78, 5) is 3.37. The van der Waals surface area contributed by atoms with Gasteiger partial charge in [0.1, 0.15) is 12.1 Å². The van der Waals surface area contributed by atoms with Crippen molar-refractivity contribution in [3.63, 3.8) is 0 Å². The van der Waals surface area contributed by atoms with E-state index in [0.717, 1.165) is 20.0 Å². The molecule has 0 unspecified atom stereocenters. The van der Waals surface area contributed by atoms with Crippen molar-refractivity contribution in [2.75, 3.05) is 0 Å². The molecule has 0 saturated carbocycles. The zero-order chi connectivity index (χ0) is 16.7. The van der Waals surface area contributed by atoms with Crippen molar-refractivity contribution in [1.82, 2.24) is 0 Å². The van der Waals surface area contributed by atoms with Crippen LogP contribution in [0.5, 0.6) is 0 Å². The van der Waals surface area contributed by atoms with Gasteiger partial charge in [0.25, 0.3) is 0 Å². The van der Waals surface area contributed by atoms with Crippen molar-refractivity contribution in [3.05, 3.63) is 31.9 Å². The number of halogens is 1. The minimum absolute atomic E-state index is 0.457. The molecule has 0 aliphatic rings. The lowest BCUT2D eigenvalue weighted by molar-refractivity contribution is 0.609. The summed E-state index contributed by atoms with van der Waals surface area (Å²) in [5.41, 5.74) is 0.954. The van der Waals surface area contributed by atoms with Crippen LogP contribution in [0.1, 0.15) is 61.5 Å². The number of rotatable bonds is 8. The van der Waals surface area contributed by atoms with E-state index in [1.54, 1.807) is 11.3 Å². The maximum absolute atomic E-state index is 9.35. The normalized spacial score (nSPS) is 10.4. The first-order chi connectivity index (χ1) is 11.2. The second-order valence-electron chi connectivity index (χ2n) is 5.46. The molecule has 5 heteroatoms. The Bertz CT molecular complexity index is 731. The Kier molecular flexibility index (Phi) is 7.30. The van der Waals surface area contributed by atoms with Crippen molar-refractivity contribution in [1.29, 1.82) is 10.5 Å². The van der Waals surface area contributed by atoms with Gasteiger partial charge in [-0.1, -0.05) is 39.0 Å². The van der Waals surface area contributed by atoms with Crippen molar-refractivity contribution in [3.8, 4) is 21.9 Å². The van der Waals surface area contributed by atoms with Gasteiger partial charge in [0.15, 0.2) is 0 Å². The Labute approximate surface area is 154 Å². The summed E-state index contributed by atoms with van der Waals surface area (Å²) in [6.45, 7) is 2.24. The second-order valence-corrected chi connectivity index (χ2v) is 8.97. The van der Waals surface area contributed by atoms with Crippen molar-refractivity contribution < 1.29 is 0 Å². The zero-order valence-corrected chi connectivity index (χ0v) is 16.4. The highest BCUT2D eigenvalue weighted by Crippen LogP contribution is 2.42. The molecule has 23 heavy (non-hydrogen) atoms. The van der Waals surface area contributed by atoms with E-state index in [4.69, 9.17) is 0 Å². The van der Waals surface area contributed by atoms with Crippen LogP contribution in [0.4, 0.5) is 0 Å². The monoisotopic (exact) mass is 406 g/mol. The molecule has 120 valence electrons. The van der Waals surface area contributed by atoms with Gasteiger partial charge in [-0.3, -0.25) is 0 Å². The lowest BCUT2D eigenvalue weighted by Crippen LogP contribution is -1.82. The number of hydrogen-bond donors (Lipinski definition) is 0. The fraction of sp³-hybridized carbons (Fsp3) is 0.444. The molecule has 0 bridgehead atoms. The smallest absolute Gasteiger partial charge is 0.103 e. The number of nitriles is 2. The third-order valence-corrected chi connectivity index (χ3v) is 6.94. The Morgan fingerprint density at radius 1 is 0.957 bits per heavy atom. The van der Waals surface area contributed by atoms with Crippen molar-refractivity contribution in [2.45, 2.75) is 51.9 Å². The van der Waals surface area contributed by atoms with E-state index < -0.39 is 0 Å². The highest BCUT2D eigenvalue weighted by molar-refractivity contribution is 9.11. The first kappa shape index (κ1) is 18.2. The van der Waals surface area contributed by atoms with E-state index in [1.165, 1.54) is 54.7 Å². The average molecular weight is 407 g/mol. The quantitative estimate of drug-likeness (QED) is 0.448. The molecule has 0 aromatic carbocycles. The van der Waals surface area contributed by atoms with Gasteiger partial charge in [-0.2, -0.15) is 10.5 Å². The molecular weight excluding hydrogens is 388 g/mol. The van der Waals surface area contributed by atoms with Gasteiger partial charge in [0.05, 0.1) is 19.8 Å². The molecule has 2 nitrogen and oxygen atoms in total. The summed E-state index contributed by atoms with van der Waals surface area (Å²) >= 11 is 6.62. The predicted molar refractivity (Wildman–Crippen MR) is 102 cm³/mol. The molecule has 0 saturated heterocycles. The molecule has 0 radical (unpaired) electrons. The third kappa shape index (κ3) is 4.67. The predicted octanol–water partition coefficient (Wildman–Crippen LogP) is 6.89. The highest BCUT2D eigenvalue weighted by atomic mass is 79.9. The van der Waals surface area contributed by atoms with Crippen LogP contribution in [0.2, 0.25) is 0 Å². The minimum atomic E-state index is 0.457. The number of nitrogens with zero attached hydrogens (tertiary/aromatic N) is 2. The van der Waals surface area contributed by atoms with Gasteiger partial charge < -0.3 is 0 Å². The molecule has 2 aromatic rings. The van der Waals surface area contributed by atoms with Crippen LogP contribution >= 0.6 is 38.6 Å². The molecule has 0 fully saturated rings. The number of thiophene rings is 2. The largest absolute Gasteiger partial charge is 0.192 e. The molecule has 2 heterocycles.